The Morgan fingerprint density at radius 2 is 2.08 bits per heavy atom. The Morgan fingerprint density at radius 1 is 1.29 bits per heavy atom. The molecule has 6 heteroatoms. The predicted octanol–water partition coefficient (Wildman–Crippen LogP) is 4.97. The van der Waals surface area contributed by atoms with Gasteiger partial charge < -0.3 is 4.90 Å². The normalized spacial score (nSPS) is 17.3. The fraction of sp³-hybridized carbons (Fsp3) is 0.278. The van der Waals surface area contributed by atoms with Gasteiger partial charge in [0.15, 0.2) is 0 Å². The lowest BCUT2D eigenvalue weighted by Crippen LogP contribution is -2.33. The van der Waals surface area contributed by atoms with E-state index in [4.69, 9.17) is 0 Å². The molecule has 0 aliphatic carbocycles. The number of carbonyl (C=O) groups excluding carboxylic acids is 1. The second-order valence-electron chi connectivity index (χ2n) is 5.59. The standard InChI is InChI=1S/C18H17F2NOS2/c1-12-8-9-21(15-4-2-3-5-17(15)24-12)18(22)11-23-16-7-6-13(19)10-14(16)20/h2-7,10,12H,8-9,11H2,1H3/t12-/m1/s1. The fourth-order valence-corrected chi connectivity index (χ4v) is 4.46. The van der Waals surface area contributed by atoms with Gasteiger partial charge in [-0.05, 0) is 30.7 Å². The van der Waals surface area contributed by atoms with Crippen LogP contribution in [0, 0.1) is 11.6 Å². The molecule has 2 aromatic carbocycles. The SMILES string of the molecule is C[C@@H]1CCN(C(=O)CSc2ccc(F)cc2F)c2ccccc2S1. The highest BCUT2D eigenvalue weighted by molar-refractivity contribution is 8.00. The molecule has 0 spiro atoms. The van der Waals surface area contributed by atoms with E-state index in [1.54, 1.807) is 16.7 Å². The van der Waals surface area contributed by atoms with Crippen molar-refractivity contribution >= 4 is 35.1 Å². The molecule has 1 aliphatic heterocycles. The van der Waals surface area contributed by atoms with Crippen molar-refractivity contribution in [2.45, 2.75) is 28.4 Å². The number of hydrogen-bond donors (Lipinski definition) is 0. The summed E-state index contributed by atoms with van der Waals surface area (Å²) >= 11 is 2.87. The molecular weight excluding hydrogens is 348 g/mol. The molecule has 1 amide bonds. The number of hydrogen-bond acceptors (Lipinski definition) is 3. The highest BCUT2D eigenvalue weighted by Gasteiger charge is 2.24. The van der Waals surface area contributed by atoms with Gasteiger partial charge in [-0.3, -0.25) is 4.79 Å². The quantitative estimate of drug-likeness (QED) is 0.716. The molecule has 2 aromatic rings. The molecule has 0 bridgehead atoms. The molecule has 24 heavy (non-hydrogen) atoms. The molecule has 0 saturated carbocycles. The molecule has 0 aromatic heterocycles. The molecule has 0 N–H and O–H groups in total. The van der Waals surface area contributed by atoms with Gasteiger partial charge in [-0.2, -0.15) is 0 Å². The number of amides is 1. The molecule has 0 fully saturated rings. The second kappa shape index (κ2) is 7.57. The lowest BCUT2D eigenvalue weighted by Gasteiger charge is -2.22. The van der Waals surface area contributed by atoms with Crippen molar-refractivity contribution in [3.05, 3.63) is 54.1 Å². The number of halogens is 2. The molecule has 3 rings (SSSR count). The Kier molecular flexibility index (Phi) is 5.46. The Labute approximate surface area is 148 Å². The number of thioether (sulfide) groups is 2. The summed E-state index contributed by atoms with van der Waals surface area (Å²) in [6.45, 7) is 2.80. The van der Waals surface area contributed by atoms with Gasteiger partial charge in [0.2, 0.25) is 5.91 Å². The maximum absolute atomic E-state index is 13.7. The lowest BCUT2D eigenvalue weighted by molar-refractivity contribution is -0.116. The molecule has 126 valence electrons. The number of nitrogens with zero attached hydrogens (tertiary/aromatic N) is 1. The third-order valence-electron chi connectivity index (χ3n) is 3.79. The first-order valence-electron chi connectivity index (χ1n) is 7.68. The average molecular weight is 365 g/mol. The third-order valence-corrected chi connectivity index (χ3v) is 6.06. The van der Waals surface area contributed by atoms with Crippen molar-refractivity contribution in [2.24, 2.45) is 0 Å². The second-order valence-corrected chi connectivity index (χ2v) is 8.09. The van der Waals surface area contributed by atoms with E-state index in [0.29, 0.717) is 11.8 Å². The van der Waals surface area contributed by atoms with E-state index >= 15 is 0 Å². The smallest absolute Gasteiger partial charge is 0.237 e. The first-order valence-corrected chi connectivity index (χ1v) is 9.55. The average Bonchev–Trinajstić information content (AvgIpc) is 2.72. The third kappa shape index (κ3) is 3.92. The lowest BCUT2D eigenvalue weighted by atomic mass is 10.2. The van der Waals surface area contributed by atoms with Crippen molar-refractivity contribution in [2.75, 3.05) is 17.2 Å². The van der Waals surface area contributed by atoms with E-state index in [1.165, 1.54) is 12.1 Å². The predicted molar refractivity (Wildman–Crippen MR) is 95.8 cm³/mol. The zero-order chi connectivity index (χ0) is 17.1. The molecule has 1 aliphatic rings. The fourth-order valence-electron chi connectivity index (χ4n) is 2.56. The van der Waals surface area contributed by atoms with Gasteiger partial charge in [0.05, 0.1) is 11.4 Å². The Balaban J connectivity index is 1.75. The van der Waals surface area contributed by atoms with E-state index in [0.717, 1.165) is 34.8 Å². The van der Waals surface area contributed by atoms with Crippen LogP contribution in [0.3, 0.4) is 0 Å². The summed E-state index contributed by atoms with van der Waals surface area (Å²) in [4.78, 5) is 15.8. The Bertz CT molecular complexity index is 754. The molecule has 1 atom stereocenters. The van der Waals surface area contributed by atoms with Crippen molar-refractivity contribution in [1.82, 2.24) is 0 Å². The highest BCUT2D eigenvalue weighted by atomic mass is 32.2. The molecule has 2 nitrogen and oxygen atoms in total. The molecule has 1 heterocycles. The number of para-hydroxylation sites is 1. The summed E-state index contributed by atoms with van der Waals surface area (Å²) in [5.74, 6) is -1.19. The zero-order valence-electron chi connectivity index (χ0n) is 13.2. The van der Waals surface area contributed by atoms with Crippen molar-refractivity contribution in [3.63, 3.8) is 0 Å². The van der Waals surface area contributed by atoms with E-state index in [9.17, 15) is 13.6 Å². The number of fused-ring (bicyclic) bond motifs is 1. The highest BCUT2D eigenvalue weighted by Crippen LogP contribution is 2.37. The van der Waals surface area contributed by atoms with Crippen LogP contribution in [0.4, 0.5) is 14.5 Å². The van der Waals surface area contributed by atoms with Gasteiger partial charge in [-0.25, -0.2) is 8.78 Å². The number of rotatable bonds is 3. The van der Waals surface area contributed by atoms with E-state index in [1.807, 2.05) is 24.3 Å². The minimum Gasteiger partial charge on any atom is -0.311 e. The van der Waals surface area contributed by atoms with Gasteiger partial charge in [0.1, 0.15) is 11.6 Å². The number of anilines is 1. The van der Waals surface area contributed by atoms with Crippen molar-refractivity contribution in [3.8, 4) is 0 Å². The first-order chi connectivity index (χ1) is 11.5. The topological polar surface area (TPSA) is 20.3 Å². The van der Waals surface area contributed by atoms with E-state index in [2.05, 4.69) is 6.92 Å². The summed E-state index contributed by atoms with van der Waals surface area (Å²) in [6, 6.07) is 11.3. The maximum atomic E-state index is 13.7. The summed E-state index contributed by atoms with van der Waals surface area (Å²) in [5, 5.41) is 0.436. The van der Waals surface area contributed by atoms with Crippen molar-refractivity contribution < 1.29 is 13.6 Å². The van der Waals surface area contributed by atoms with Crippen LogP contribution in [0.5, 0.6) is 0 Å². The van der Waals surface area contributed by atoms with Crippen LogP contribution >= 0.6 is 23.5 Å². The Morgan fingerprint density at radius 3 is 2.88 bits per heavy atom. The minimum absolute atomic E-state index is 0.0640. The summed E-state index contributed by atoms with van der Waals surface area (Å²) in [7, 11) is 0. The minimum atomic E-state index is -0.631. The van der Waals surface area contributed by atoms with Crippen LogP contribution in [0.2, 0.25) is 0 Å². The summed E-state index contributed by atoms with van der Waals surface area (Å²) < 4.78 is 26.7. The van der Waals surface area contributed by atoms with Crippen LogP contribution < -0.4 is 4.90 Å². The van der Waals surface area contributed by atoms with E-state index < -0.39 is 11.6 Å². The van der Waals surface area contributed by atoms with Crippen LogP contribution in [0.1, 0.15) is 13.3 Å². The number of carbonyl (C=O) groups is 1. The molecule has 0 unspecified atom stereocenters. The monoisotopic (exact) mass is 365 g/mol. The van der Waals surface area contributed by atoms with Crippen LogP contribution in [-0.4, -0.2) is 23.5 Å². The van der Waals surface area contributed by atoms with Gasteiger partial charge >= 0.3 is 0 Å². The van der Waals surface area contributed by atoms with Gasteiger partial charge in [0.25, 0.3) is 0 Å². The summed E-state index contributed by atoms with van der Waals surface area (Å²) in [5.41, 5.74) is 0.914. The van der Waals surface area contributed by atoms with Gasteiger partial charge in [0, 0.05) is 27.7 Å². The van der Waals surface area contributed by atoms with Crippen molar-refractivity contribution in [1.29, 1.82) is 0 Å². The molecule has 0 saturated heterocycles. The van der Waals surface area contributed by atoms with Crippen LogP contribution in [0.15, 0.2) is 52.3 Å². The molecular formula is C18H17F2NOS2. The van der Waals surface area contributed by atoms with E-state index in [-0.39, 0.29) is 16.6 Å². The van der Waals surface area contributed by atoms with Gasteiger partial charge in [-0.1, -0.05) is 19.1 Å². The van der Waals surface area contributed by atoms with Crippen LogP contribution in [0.25, 0.3) is 0 Å². The maximum Gasteiger partial charge on any atom is 0.237 e. The summed E-state index contributed by atoms with van der Waals surface area (Å²) in [6.07, 6.45) is 0.903. The number of benzene rings is 2. The molecule has 0 radical (unpaired) electrons. The largest absolute Gasteiger partial charge is 0.311 e. The zero-order valence-corrected chi connectivity index (χ0v) is 14.8. The van der Waals surface area contributed by atoms with Gasteiger partial charge in [-0.15, -0.1) is 23.5 Å². The van der Waals surface area contributed by atoms with Crippen LogP contribution in [-0.2, 0) is 4.79 Å². The first kappa shape index (κ1) is 17.3. The Hall–Kier alpha value is -1.53.